The molecule has 17 heavy (non-hydrogen) atoms. The van der Waals surface area contributed by atoms with Crippen molar-refractivity contribution >= 4 is 28.1 Å². The molecule has 0 spiro atoms. The SMILES string of the molecule is CS(=O)CCCNc1ccc(N)c(C(N)=O)c1. The normalized spacial score (nSPS) is 12.1. The molecule has 0 saturated heterocycles. The molecule has 0 heterocycles. The van der Waals surface area contributed by atoms with Crippen LogP contribution in [0.4, 0.5) is 11.4 Å². The number of primary amides is 1. The van der Waals surface area contributed by atoms with Crippen LogP contribution in [0.2, 0.25) is 0 Å². The maximum absolute atomic E-state index is 11.1. The number of rotatable bonds is 6. The Morgan fingerprint density at radius 1 is 1.47 bits per heavy atom. The van der Waals surface area contributed by atoms with E-state index in [0.29, 0.717) is 23.5 Å². The van der Waals surface area contributed by atoms with Crippen LogP contribution in [-0.4, -0.2) is 28.7 Å². The topological polar surface area (TPSA) is 98.2 Å². The summed E-state index contributed by atoms with van der Waals surface area (Å²) in [6.07, 6.45) is 2.48. The Kier molecular flexibility index (Phi) is 4.96. The highest BCUT2D eigenvalue weighted by Gasteiger charge is 2.06. The van der Waals surface area contributed by atoms with E-state index in [1.54, 1.807) is 24.5 Å². The number of carbonyl (C=O) groups excluding carboxylic acids is 1. The Bertz CT molecular complexity index is 435. The third-order valence-electron chi connectivity index (χ3n) is 2.26. The third-order valence-corrected chi connectivity index (χ3v) is 3.12. The van der Waals surface area contributed by atoms with Gasteiger partial charge in [0, 0.05) is 40.7 Å². The van der Waals surface area contributed by atoms with E-state index in [9.17, 15) is 9.00 Å². The van der Waals surface area contributed by atoms with E-state index in [1.165, 1.54) is 0 Å². The second kappa shape index (κ2) is 6.24. The summed E-state index contributed by atoms with van der Waals surface area (Å²) in [6, 6.07) is 5.05. The van der Waals surface area contributed by atoms with E-state index in [-0.39, 0.29) is 0 Å². The van der Waals surface area contributed by atoms with Crippen molar-refractivity contribution < 1.29 is 9.00 Å². The van der Waals surface area contributed by atoms with Gasteiger partial charge in [-0.2, -0.15) is 0 Å². The summed E-state index contributed by atoms with van der Waals surface area (Å²) in [5.74, 6) is 0.116. The van der Waals surface area contributed by atoms with Gasteiger partial charge in [0.15, 0.2) is 0 Å². The second-order valence-electron chi connectivity index (χ2n) is 3.72. The molecule has 1 rings (SSSR count). The van der Waals surface area contributed by atoms with Gasteiger partial charge in [0.25, 0.3) is 5.91 Å². The summed E-state index contributed by atoms with van der Waals surface area (Å²) >= 11 is 0. The smallest absolute Gasteiger partial charge is 0.250 e. The molecule has 0 aliphatic heterocycles. The number of anilines is 2. The second-order valence-corrected chi connectivity index (χ2v) is 5.28. The first kappa shape index (κ1) is 13.5. The fourth-order valence-electron chi connectivity index (χ4n) is 1.39. The highest BCUT2D eigenvalue weighted by Crippen LogP contribution is 2.17. The van der Waals surface area contributed by atoms with Crippen molar-refractivity contribution in [2.45, 2.75) is 6.42 Å². The number of hydrogen-bond donors (Lipinski definition) is 3. The van der Waals surface area contributed by atoms with Crippen molar-refractivity contribution in [1.29, 1.82) is 0 Å². The number of hydrogen-bond acceptors (Lipinski definition) is 4. The number of amides is 1. The molecule has 1 atom stereocenters. The highest BCUT2D eigenvalue weighted by molar-refractivity contribution is 7.84. The molecule has 94 valence electrons. The monoisotopic (exact) mass is 255 g/mol. The zero-order valence-electron chi connectivity index (χ0n) is 9.73. The molecule has 5 N–H and O–H groups in total. The largest absolute Gasteiger partial charge is 0.398 e. The lowest BCUT2D eigenvalue weighted by molar-refractivity contribution is 0.100. The maximum Gasteiger partial charge on any atom is 0.250 e. The maximum atomic E-state index is 11.1. The van der Waals surface area contributed by atoms with Gasteiger partial charge in [-0.1, -0.05) is 0 Å². The summed E-state index contributed by atoms with van der Waals surface area (Å²) in [5, 5.41) is 3.12. The van der Waals surface area contributed by atoms with Crippen molar-refractivity contribution in [3.05, 3.63) is 23.8 Å². The van der Waals surface area contributed by atoms with Crippen molar-refractivity contribution in [2.75, 3.05) is 29.6 Å². The minimum Gasteiger partial charge on any atom is -0.398 e. The number of nitrogen functional groups attached to an aromatic ring is 1. The molecule has 0 aliphatic carbocycles. The molecule has 0 radical (unpaired) electrons. The van der Waals surface area contributed by atoms with Crippen LogP contribution in [0.5, 0.6) is 0 Å². The zero-order chi connectivity index (χ0) is 12.8. The Labute approximate surface area is 103 Å². The average Bonchev–Trinajstić information content (AvgIpc) is 2.25. The lowest BCUT2D eigenvalue weighted by atomic mass is 10.1. The molecule has 5 nitrogen and oxygen atoms in total. The van der Waals surface area contributed by atoms with Crippen LogP contribution >= 0.6 is 0 Å². The van der Waals surface area contributed by atoms with Crippen LogP contribution in [0.3, 0.4) is 0 Å². The quantitative estimate of drug-likeness (QED) is 0.510. The van der Waals surface area contributed by atoms with Crippen molar-refractivity contribution in [1.82, 2.24) is 0 Å². The summed E-state index contributed by atoms with van der Waals surface area (Å²) in [7, 11) is -0.773. The molecule has 0 saturated carbocycles. The lowest BCUT2D eigenvalue weighted by Gasteiger charge is -2.08. The predicted octanol–water partition coefficient (Wildman–Crippen LogP) is 0.548. The van der Waals surface area contributed by atoms with Gasteiger partial charge in [-0.15, -0.1) is 0 Å². The summed E-state index contributed by atoms with van der Waals surface area (Å²) in [6.45, 7) is 0.696. The fourth-order valence-corrected chi connectivity index (χ4v) is 1.94. The molecule has 0 fully saturated rings. The number of nitrogens with one attached hydrogen (secondary N) is 1. The van der Waals surface area contributed by atoms with Gasteiger partial charge < -0.3 is 16.8 Å². The van der Waals surface area contributed by atoms with Gasteiger partial charge in [0.1, 0.15) is 0 Å². The van der Waals surface area contributed by atoms with Gasteiger partial charge >= 0.3 is 0 Å². The Balaban J connectivity index is 2.57. The minimum atomic E-state index is -0.773. The first-order chi connectivity index (χ1) is 8.00. The Hall–Kier alpha value is -1.56. The molecular formula is C11H17N3O2S. The molecule has 0 bridgehead atoms. The van der Waals surface area contributed by atoms with Gasteiger partial charge in [0.2, 0.25) is 0 Å². The molecule has 1 aromatic carbocycles. The van der Waals surface area contributed by atoms with Gasteiger partial charge in [0.05, 0.1) is 5.56 Å². The average molecular weight is 255 g/mol. The van der Waals surface area contributed by atoms with E-state index in [2.05, 4.69) is 5.32 Å². The number of benzene rings is 1. The van der Waals surface area contributed by atoms with E-state index in [0.717, 1.165) is 12.1 Å². The summed E-state index contributed by atoms with van der Waals surface area (Å²) in [5.41, 5.74) is 12.3. The molecule has 0 aliphatic rings. The minimum absolute atomic E-state index is 0.314. The van der Waals surface area contributed by atoms with E-state index >= 15 is 0 Å². The van der Waals surface area contributed by atoms with Crippen LogP contribution in [0, 0.1) is 0 Å². The molecule has 6 heteroatoms. The number of nitrogens with two attached hydrogens (primary N) is 2. The van der Waals surface area contributed by atoms with Crippen LogP contribution in [0.1, 0.15) is 16.8 Å². The standard InChI is InChI=1S/C11H17N3O2S/c1-17(16)6-2-5-14-8-3-4-10(12)9(7-8)11(13)15/h3-4,7,14H,2,5-6,12H2,1H3,(H2,13,15). The molecule has 1 amide bonds. The fraction of sp³-hybridized carbons (Fsp3) is 0.364. The molecule has 0 aromatic heterocycles. The van der Waals surface area contributed by atoms with Crippen molar-refractivity contribution in [3.8, 4) is 0 Å². The van der Waals surface area contributed by atoms with Crippen LogP contribution in [-0.2, 0) is 10.8 Å². The highest BCUT2D eigenvalue weighted by atomic mass is 32.2. The molecular weight excluding hydrogens is 238 g/mol. The summed E-state index contributed by atoms with van der Waals surface area (Å²) < 4.78 is 10.8. The van der Waals surface area contributed by atoms with E-state index < -0.39 is 16.7 Å². The Morgan fingerprint density at radius 2 is 2.18 bits per heavy atom. The molecule has 1 aromatic rings. The van der Waals surface area contributed by atoms with Crippen LogP contribution in [0.15, 0.2) is 18.2 Å². The van der Waals surface area contributed by atoms with Gasteiger partial charge in [-0.3, -0.25) is 9.00 Å². The molecule has 1 unspecified atom stereocenters. The lowest BCUT2D eigenvalue weighted by Crippen LogP contribution is -2.14. The van der Waals surface area contributed by atoms with E-state index in [4.69, 9.17) is 11.5 Å². The van der Waals surface area contributed by atoms with Crippen molar-refractivity contribution in [2.24, 2.45) is 5.73 Å². The Morgan fingerprint density at radius 3 is 2.76 bits per heavy atom. The van der Waals surface area contributed by atoms with Crippen LogP contribution in [0.25, 0.3) is 0 Å². The first-order valence-corrected chi connectivity index (χ1v) is 6.96. The van der Waals surface area contributed by atoms with Crippen LogP contribution < -0.4 is 16.8 Å². The van der Waals surface area contributed by atoms with Crippen molar-refractivity contribution in [3.63, 3.8) is 0 Å². The van der Waals surface area contributed by atoms with E-state index in [1.807, 2.05) is 0 Å². The van der Waals surface area contributed by atoms with Gasteiger partial charge in [-0.05, 0) is 24.6 Å². The summed E-state index contributed by atoms with van der Waals surface area (Å²) in [4.78, 5) is 11.1. The predicted molar refractivity (Wildman–Crippen MR) is 71.4 cm³/mol. The third kappa shape index (κ3) is 4.44. The number of carbonyl (C=O) groups is 1. The van der Waals surface area contributed by atoms with Gasteiger partial charge in [-0.25, -0.2) is 0 Å². The zero-order valence-corrected chi connectivity index (χ0v) is 10.5. The first-order valence-electron chi connectivity index (χ1n) is 5.24.